The van der Waals surface area contributed by atoms with Crippen molar-refractivity contribution >= 4 is 47.5 Å². The minimum atomic E-state index is -1.09. The molecule has 10 heteroatoms. The number of esters is 2. The number of thiol groups is 1. The summed E-state index contributed by atoms with van der Waals surface area (Å²) in [6.45, 7) is 5.94. The summed E-state index contributed by atoms with van der Waals surface area (Å²) in [5.74, 6) is -2.16. The van der Waals surface area contributed by atoms with Gasteiger partial charge in [-0.1, -0.05) is 44.2 Å². The fraction of sp³-hybridized carbons (Fsp3) is 0.500. The second kappa shape index (κ2) is 12.5. The van der Waals surface area contributed by atoms with E-state index in [9.17, 15) is 19.2 Å². The summed E-state index contributed by atoms with van der Waals surface area (Å²) in [6.07, 6.45) is 0. The molecule has 0 saturated carbocycles. The zero-order chi connectivity index (χ0) is 22.7. The molecule has 0 unspecified atom stereocenters. The molecule has 0 aromatic heterocycles. The van der Waals surface area contributed by atoms with Crippen LogP contribution in [0.2, 0.25) is 0 Å². The molecule has 0 saturated heterocycles. The molecule has 1 amide bonds. The van der Waals surface area contributed by atoms with E-state index < -0.39 is 40.7 Å². The van der Waals surface area contributed by atoms with Gasteiger partial charge in [-0.15, -0.1) is 0 Å². The van der Waals surface area contributed by atoms with Crippen LogP contribution < -0.4 is 5.32 Å². The summed E-state index contributed by atoms with van der Waals surface area (Å²) in [6, 6.07) is 7.95. The third-order valence-corrected chi connectivity index (χ3v) is 4.64. The smallest absolute Gasteiger partial charge is 0.370 e. The summed E-state index contributed by atoms with van der Waals surface area (Å²) >= 11 is 4.84. The lowest BCUT2D eigenvalue weighted by Gasteiger charge is -2.22. The lowest BCUT2D eigenvalue weighted by molar-refractivity contribution is -0.155. The Bertz CT molecular complexity index is 732. The highest BCUT2D eigenvalue weighted by Gasteiger charge is 2.30. The first-order valence-electron chi connectivity index (χ1n) is 9.20. The Kier molecular flexibility index (Phi) is 10.8. The number of amides is 1. The topological polar surface area (TPSA) is 108 Å². The first-order valence-corrected chi connectivity index (χ1v) is 10.6. The van der Waals surface area contributed by atoms with Gasteiger partial charge in [0.25, 0.3) is 0 Å². The van der Waals surface area contributed by atoms with Crippen LogP contribution >= 0.6 is 24.4 Å². The van der Waals surface area contributed by atoms with Gasteiger partial charge in [-0.2, -0.15) is 12.6 Å². The largest absolute Gasteiger partial charge is 0.459 e. The number of nitrogens with one attached hydrogen (secondary N) is 1. The fourth-order valence-corrected chi connectivity index (χ4v) is 2.55. The van der Waals surface area contributed by atoms with Crippen molar-refractivity contribution in [1.29, 1.82) is 0 Å². The number of hydrogen-bond acceptors (Lipinski definition) is 9. The van der Waals surface area contributed by atoms with Crippen LogP contribution in [-0.4, -0.2) is 46.5 Å². The molecule has 1 atom stereocenters. The van der Waals surface area contributed by atoms with E-state index in [1.165, 1.54) is 0 Å². The van der Waals surface area contributed by atoms with Crippen LogP contribution in [-0.2, 0) is 35.2 Å². The molecule has 0 bridgehead atoms. The first-order chi connectivity index (χ1) is 14.0. The van der Waals surface area contributed by atoms with Gasteiger partial charge in [0.1, 0.15) is 12.6 Å². The second-order valence-corrected chi connectivity index (χ2v) is 9.19. The van der Waals surface area contributed by atoms with Gasteiger partial charge in [-0.25, -0.2) is 9.59 Å². The SMILES string of the molecule is CC(C)C(=O)OCOC(=O)SC[C@H](NC(=O)C(C)(C)S)C(=O)OCc1ccccc1. The molecule has 0 aliphatic rings. The number of carbonyl (C=O) groups excluding carboxylic acids is 4. The molecular formula is C20H27NO7S2. The van der Waals surface area contributed by atoms with Crippen molar-refractivity contribution in [1.82, 2.24) is 5.32 Å². The summed E-state index contributed by atoms with van der Waals surface area (Å²) in [5, 5.41) is 1.78. The van der Waals surface area contributed by atoms with E-state index in [1.54, 1.807) is 39.8 Å². The third-order valence-electron chi connectivity index (χ3n) is 3.59. The molecule has 0 heterocycles. The van der Waals surface area contributed by atoms with Gasteiger partial charge in [0.2, 0.25) is 12.7 Å². The molecule has 166 valence electrons. The number of benzene rings is 1. The number of carbonyl (C=O) groups is 4. The monoisotopic (exact) mass is 457 g/mol. The zero-order valence-corrected chi connectivity index (χ0v) is 19.1. The van der Waals surface area contributed by atoms with E-state index in [0.29, 0.717) is 11.8 Å². The van der Waals surface area contributed by atoms with Crippen molar-refractivity contribution in [3.63, 3.8) is 0 Å². The predicted molar refractivity (Wildman–Crippen MR) is 116 cm³/mol. The quantitative estimate of drug-likeness (QED) is 0.314. The van der Waals surface area contributed by atoms with Gasteiger partial charge in [0.05, 0.1) is 10.7 Å². The van der Waals surface area contributed by atoms with Gasteiger partial charge in [-0.05, 0) is 31.2 Å². The molecule has 1 N–H and O–H groups in total. The average molecular weight is 458 g/mol. The number of hydrogen-bond donors (Lipinski definition) is 2. The van der Waals surface area contributed by atoms with E-state index in [1.807, 2.05) is 18.2 Å². The van der Waals surface area contributed by atoms with E-state index >= 15 is 0 Å². The fourth-order valence-electron chi connectivity index (χ4n) is 1.83. The van der Waals surface area contributed by atoms with Crippen LogP contribution in [0.1, 0.15) is 33.3 Å². The van der Waals surface area contributed by atoms with Gasteiger partial charge in [0.15, 0.2) is 0 Å². The van der Waals surface area contributed by atoms with Crippen LogP contribution in [0.15, 0.2) is 30.3 Å². The van der Waals surface area contributed by atoms with Gasteiger partial charge >= 0.3 is 17.2 Å². The van der Waals surface area contributed by atoms with Crippen LogP contribution in [0.5, 0.6) is 0 Å². The number of rotatable bonds is 10. The second-order valence-electron chi connectivity index (χ2n) is 7.12. The summed E-state index contributed by atoms with van der Waals surface area (Å²) in [7, 11) is 0. The Morgan fingerprint density at radius 2 is 1.67 bits per heavy atom. The number of thioether (sulfide) groups is 1. The van der Waals surface area contributed by atoms with E-state index in [-0.39, 0.29) is 18.3 Å². The zero-order valence-electron chi connectivity index (χ0n) is 17.4. The van der Waals surface area contributed by atoms with Gasteiger partial charge in [-0.3, -0.25) is 9.59 Å². The van der Waals surface area contributed by atoms with E-state index in [2.05, 4.69) is 17.9 Å². The summed E-state index contributed by atoms with van der Waals surface area (Å²) in [4.78, 5) is 47.9. The summed E-state index contributed by atoms with van der Waals surface area (Å²) < 4.78 is 13.8. The molecule has 0 aliphatic carbocycles. The number of ether oxygens (including phenoxy) is 3. The highest BCUT2D eigenvalue weighted by atomic mass is 32.2. The van der Waals surface area contributed by atoms with Crippen molar-refractivity contribution in [3.8, 4) is 0 Å². The van der Waals surface area contributed by atoms with Crippen LogP contribution in [0.3, 0.4) is 0 Å². The molecule has 0 radical (unpaired) electrons. The predicted octanol–water partition coefficient (Wildman–Crippen LogP) is 2.95. The van der Waals surface area contributed by atoms with Crippen molar-refractivity contribution in [2.45, 2.75) is 45.1 Å². The minimum absolute atomic E-state index is 0.0244. The van der Waals surface area contributed by atoms with Crippen molar-refractivity contribution < 1.29 is 33.4 Å². The molecule has 1 aromatic rings. The van der Waals surface area contributed by atoms with Crippen molar-refractivity contribution in [2.75, 3.05) is 12.5 Å². The highest BCUT2D eigenvalue weighted by molar-refractivity contribution is 8.13. The van der Waals surface area contributed by atoms with Crippen LogP contribution in [0, 0.1) is 5.92 Å². The van der Waals surface area contributed by atoms with Crippen molar-refractivity contribution in [3.05, 3.63) is 35.9 Å². The van der Waals surface area contributed by atoms with Crippen LogP contribution in [0.25, 0.3) is 0 Å². The normalized spacial score (nSPS) is 12.1. The van der Waals surface area contributed by atoms with Gasteiger partial charge in [0, 0.05) is 5.75 Å². The Labute approximate surface area is 185 Å². The van der Waals surface area contributed by atoms with Gasteiger partial charge < -0.3 is 19.5 Å². The maximum atomic E-state index is 12.5. The lowest BCUT2D eigenvalue weighted by atomic mass is 10.2. The molecule has 30 heavy (non-hydrogen) atoms. The Balaban J connectivity index is 2.62. The average Bonchev–Trinajstić information content (AvgIpc) is 2.68. The Morgan fingerprint density at radius 1 is 1.03 bits per heavy atom. The maximum Gasteiger partial charge on any atom is 0.370 e. The molecule has 1 aromatic carbocycles. The van der Waals surface area contributed by atoms with Crippen LogP contribution in [0.4, 0.5) is 4.79 Å². The van der Waals surface area contributed by atoms with Crippen molar-refractivity contribution in [2.24, 2.45) is 5.92 Å². The lowest BCUT2D eigenvalue weighted by Crippen LogP contribution is -2.49. The third kappa shape index (κ3) is 10.0. The molecule has 1 rings (SSSR count). The summed E-state index contributed by atoms with van der Waals surface area (Å²) in [5.41, 5.74) is 0.782. The standard InChI is InChI=1S/C20H27NO7S2/c1-13(2)16(22)27-12-28-19(25)30-11-15(21-18(24)20(3,4)29)17(23)26-10-14-8-6-5-7-9-14/h5-9,13,15,29H,10-12H2,1-4H3,(H,21,24)/t15-/m0/s1. The van der Waals surface area contributed by atoms with E-state index in [0.717, 1.165) is 5.56 Å². The van der Waals surface area contributed by atoms with E-state index in [4.69, 9.17) is 14.2 Å². The Morgan fingerprint density at radius 3 is 2.23 bits per heavy atom. The first kappa shape index (κ1) is 25.8. The molecule has 0 spiro atoms. The maximum absolute atomic E-state index is 12.5. The molecule has 0 fully saturated rings. The highest BCUT2D eigenvalue weighted by Crippen LogP contribution is 2.15. The Hall–Kier alpha value is -2.20. The minimum Gasteiger partial charge on any atom is -0.459 e. The molecule has 0 aliphatic heterocycles. The molecular weight excluding hydrogens is 430 g/mol. The molecule has 8 nitrogen and oxygen atoms in total.